The summed E-state index contributed by atoms with van der Waals surface area (Å²) in [5.74, 6) is -0.341. The zero-order valence-corrected chi connectivity index (χ0v) is 17.7. The van der Waals surface area contributed by atoms with Gasteiger partial charge in [-0.2, -0.15) is 18.3 Å². The number of alkyl halides is 3. The minimum Gasteiger partial charge on any atom is -0.298 e. The fourth-order valence-corrected chi connectivity index (χ4v) is 4.26. The molecule has 0 saturated heterocycles. The molecule has 1 N–H and O–H groups in total. The molecule has 0 aliphatic heterocycles. The maximum absolute atomic E-state index is 12.9. The van der Waals surface area contributed by atoms with Crippen LogP contribution in [0.5, 0.6) is 0 Å². The fourth-order valence-electron chi connectivity index (χ4n) is 3.42. The lowest BCUT2D eigenvalue weighted by Crippen LogP contribution is -2.13. The Hall–Kier alpha value is -3.27. The van der Waals surface area contributed by atoms with Crippen molar-refractivity contribution in [1.82, 2.24) is 19.7 Å². The van der Waals surface area contributed by atoms with E-state index in [1.165, 1.54) is 17.4 Å². The van der Waals surface area contributed by atoms with E-state index < -0.39 is 11.7 Å². The number of pyridine rings is 1. The lowest BCUT2D eigenvalue weighted by atomic mass is 10.1. The van der Waals surface area contributed by atoms with Gasteiger partial charge in [-0.25, -0.2) is 9.97 Å². The van der Waals surface area contributed by atoms with Crippen molar-refractivity contribution < 1.29 is 18.0 Å². The Bertz CT molecular complexity index is 1290. The number of amides is 1. The van der Waals surface area contributed by atoms with E-state index in [1.807, 2.05) is 6.92 Å². The normalized spacial score (nSPS) is 11.8. The number of fused-ring (bicyclic) bond motifs is 1. The summed E-state index contributed by atoms with van der Waals surface area (Å²) < 4.78 is 40.4. The molecule has 0 atom stereocenters. The monoisotopic (exact) mass is 445 g/mol. The molecular weight excluding hydrogens is 427 g/mol. The number of nitrogens with one attached hydrogen (secondary N) is 1. The van der Waals surface area contributed by atoms with E-state index in [-0.39, 0.29) is 12.3 Å². The molecule has 6 nitrogen and oxygen atoms in total. The van der Waals surface area contributed by atoms with Gasteiger partial charge in [0.05, 0.1) is 22.2 Å². The van der Waals surface area contributed by atoms with E-state index in [2.05, 4.69) is 20.4 Å². The van der Waals surface area contributed by atoms with Gasteiger partial charge in [0.25, 0.3) is 5.91 Å². The van der Waals surface area contributed by atoms with Crippen LogP contribution < -0.4 is 5.32 Å². The first-order valence-corrected chi connectivity index (χ1v) is 10.2. The quantitative estimate of drug-likeness (QED) is 0.485. The van der Waals surface area contributed by atoms with Gasteiger partial charge in [-0.05, 0) is 31.5 Å². The molecule has 0 fully saturated rings. The van der Waals surface area contributed by atoms with Gasteiger partial charge in [-0.3, -0.25) is 14.8 Å². The molecule has 10 heteroatoms. The van der Waals surface area contributed by atoms with Crippen LogP contribution in [0.3, 0.4) is 0 Å². The van der Waals surface area contributed by atoms with Crippen LogP contribution >= 0.6 is 11.3 Å². The predicted octanol–water partition coefficient (Wildman–Crippen LogP) is 4.90. The molecule has 0 saturated carbocycles. The molecule has 0 aliphatic carbocycles. The number of halogens is 3. The number of thiazole rings is 1. The number of carbonyl (C=O) groups is 1. The molecular formula is C21H18F3N5OS. The van der Waals surface area contributed by atoms with Crippen molar-refractivity contribution in [2.24, 2.45) is 7.05 Å². The lowest BCUT2D eigenvalue weighted by molar-refractivity contribution is -0.137. The van der Waals surface area contributed by atoms with Crippen molar-refractivity contribution in [3.8, 4) is 0 Å². The molecule has 0 radical (unpaired) electrons. The average molecular weight is 445 g/mol. The summed E-state index contributed by atoms with van der Waals surface area (Å²) >= 11 is 1.22. The van der Waals surface area contributed by atoms with Gasteiger partial charge in [0.1, 0.15) is 0 Å². The summed E-state index contributed by atoms with van der Waals surface area (Å²) in [6.45, 7) is 3.61. The summed E-state index contributed by atoms with van der Waals surface area (Å²) in [4.78, 5) is 22.3. The second kappa shape index (κ2) is 7.77. The fraction of sp³-hybridized carbons (Fsp3) is 0.238. The van der Waals surface area contributed by atoms with Crippen LogP contribution in [0.2, 0.25) is 0 Å². The van der Waals surface area contributed by atoms with E-state index in [9.17, 15) is 18.0 Å². The second-order valence-electron chi connectivity index (χ2n) is 7.18. The van der Waals surface area contributed by atoms with Crippen LogP contribution in [-0.4, -0.2) is 25.7 Å². The predicted molar refractivity (Wildman–Crippen MR) is 112 cm³/mol. The average Bonchev–Trinajstić information content (AvgIpc) is 3.24. The second-order valence-corrected chi connectivity index (χ2v) is 8.29. The van der Waals surface area contributed by atoms with Gasteiger partial charge >= 0.3 is 6.18 Å². The van der Waals surface area contributed by atoms with Crippen molar-refractivity contribution in [1.29, 1.82) is 0 Å². The molecule has 0 spiro atoms. The third kappa shape index (κ3) is 4.29. The highest BCUT2D eigenvalue weighted by molar-refractivity contribution is 7.15. The molecule has 160 valence electrons. The first-order chi connectivity index (χ1) is 14.6. The molecule has 4 rings (SSSR count). The van der Waals surface area contributed by atoms with Crippen LogP contribution in [-0.2, 0) is 19.6 Å². The highest BCUT2D eigenvalue weighted by Crippen LogP contribution is 2.31. The van der Waals surface area contributed by atoms with Gasteiger partial charge in [0.2, 0.25) is 0 Å². The molecule has 4 aromatic rings. The zero-order valence-electron chi connectivity index (χ0n) is 16.9. The third-order valence-electron chi connectivity index (χ3n) is 4.75. The van der Waals surface area contributed by atoms with Gasteiger partial charge in [0, 0.05) is 30.2 Å². The zero-order chi connectivity index (χ0) is 22.3. The molecule has 0 aliphatic rings. The molecule has 3 heterocycles. The highest BCUT2D eigenvalue weighted by atomic mass is 32.1. The number of hydrogen-bond acceptors (Lipinski definition) is 5. The highest BCUT2D eigenvalue weighted by Gasteiger charge is 2.30. The lowest BCUT2D eigenvalue weighted by Gasteiger charge is -2.08. The topological polar surface area (TPSA) is 72.7 Å². The molecule has 0 bridgehead atoms. The Kier molecular flexibility index (Phi) is 5.26. The molecule has 1 aromatic carbocycles. The molecule has 31 heavy (non-hydrogen) atoms. The van der Waals surface area contributed by atoms with Crippen LogP contribution in [0.15, 0.2) is 36.5 Å². The summed E-state index contributed by atoms with van der Waals surface area (Å²) in [7, 11) is 1.77. The van der Waals surface area contributed by atoms with Gasteiger partial charge in [0.15, 0.2) is 10.8 Å². The molecule has 1 amide bonds. The minimum absolute atomic E-state index is 0.289. The van der Waals surface area contributed by atoms with Crippen molar-refractivity contribution in [3.63, 3.8) is 0 Å². The standard InChI is InChI=1S/C21H18F3N5OS/c1-11-7-16(17-12(2)28-29(3)18(17)26-11)19(30)27-20-25-10-15(31-20)9-13-5-4-6-14(8-13)21(22,23)24/h4-8,10H,9H2,1-3H3,(H,25,27,30). The van der Waals surface area contributed by atoms with Gasteiger partial charge in [-0.1, -0.05) is 18.2 Å². The van der Waals surface area contributed by atoms with Crippen LogP contribution in [0.25, 0.3) is 11.0 Å². The number of aryl methyl sites for hydroxylation is 3. The summed E-state index contributed by atoms with van der Waals surface area (Å²) in [5.41, 5.74) is 2.28. The van der Waals surface area contributed by atoms with E-state index >= 15 is 0 Å². The van der Waals surface area contributed by atoms with Crippen molar-refractivity contribution in [2.45, 2.75) is 26.4 Å². The SMILES string of the molecule is Cc1cc(C(=O)Nc2ncc(Cc3cccc(C(F)(F)F)c3)s2)c2c(C)nn(C)c2n1. The summed E-state index contributed by atoms with van der Waals surface area (Å²) in [5, 5.41) is 8.16. The number of hydrogen-bond donors (Lipinski definition) is 1. The Morgan fingerprint density at radius 2 is 2.00 bits per heavy atom. The molecule has 3 aromatic heterocycles. The van der Waals surface area contributed by atoms with Crippen molar-refractivity contribution >= 4 is 33.4 Å². The largest absolute Gasteiger partial charge is 0.416 e. The number of benzene rings is 1. The third-order valence-corrected chi connectivity index (χ3v) is 5.66. The number of aromatic nitrogens is 4. The maximum Gasteiger partial charge on any atom is 0.416 e. The van der Waals surface area contributed by atoms with E-state index in [0.29, 0.717) is 38.7 Å². The Morgan fingerprint density at radius 1 is 1.23 bits per heavy atom. The van der Waals surface area contributed by atoms with E-state index in [0.717, 1.165) is 17.0 Å². The Labute approximate surface area is 179 Å². The first-order valence-electron chi connectivity index (χ1n) is 9.35. The van der Waals surface area contributed by atoms with Crippen LogP contribution in [0, 0.1) is 13.8 Å². The van der Waals surface area contributed by atoms with Crippen molar-refractivity contribution in [3.05, 3.63) is 69.5 Å². The van der Waals surface area contributed by atoms with Crippen molar-refractivity contribution in [2.75, 3.05) is 5.32 Å². The number of anilines is 1. The van der Waals surface area contributed by atoms with Gasteiger partial charge in [-0.15, -0.1) is 11.3 Å². The number of rotatable bonds is 4. The van der Waals surface area contributed by atoms with Crippen LogP contribution in [0.1, 0.15) is 37.7 Å². The minimum atomic E-state index is -4.39. The summed E-state index contributed by atoms with van der Waals surface area (Å²) in [6, 6.07) is 6.88. The van der Waals surface area contributed by atoms with Crippen LogP contribution in [0.4, 0.5) is 18.3 Å². The Morgan fingerprint density at radius 3 is 2.74 bits per heavy atom. The molecule has 0 unspecified atom stereocenters. The summed E-state index contributed by atoms with van der Waals surface area (Å²) in [6.07, 6.45) is -2.54. The first kappa shape index (κ1) is 21.0. The number of carbonyl (C=O) groups excluding carboxylic acids is 1. The number of nitrogens with zero attached hydrogens (tertiary/aromatic N) is 4. The van der Waals surface area contributed by atoms with E-state index in [1.54, 1.807) is 37.0 Å². The Balaban J connectivity index is 1.55. The van der Waals surface area contributed by atoms with E-state index in [4.69, 9.17) is 0 Å². The van der Waals surface area contributed by atoms with Gasteiger partial charge < -0.3 is 0 Å². The maximum atomic E-state index is 12.9. The smallest absolute Gasteiger partial charge is 0.298 e.